The number of phenols is 2. The molecule has 0 heterocycles. The van der Waals surface area contributed by atoms with Crippen LogP contribution in [0.5, 0.6) is 17.2 Å². The lowest BCUT2D eigenvalue weighted by molar-refractivity contribution is -0.268. The summed E-state index contributed by atoms with van der Waals surface area (Å²) in [6, 6.07) is 11.4. The van der Waals surface area contributed by atoms with E-state index in [1.54, 1.807) is 0 Å². The van der Waals surface area contributed by atoms with Crippen molar-refractivity contribution in [2.24, 2.45) is 4.99 Å². The lowest BCUT2D eigenvalue weighted by atomic mass is 10.3. The van der Waals surface area contributed by atoms with Gasteiger partial charge in [0.05, 0.1) is 11.4 Å². The van der Waals surface area contributed by atoms with Crippen molar-refractivity contribution >= 4 is 17.1 Å². The molecule has 0 unspecified atom stereocenters. The minimum atomic E-state index is -1.02. The predicted molar refractivity (Wildman–Crippen MR) is 85.5 cm³/mol. The molecule has 0 spiro atoms. The molecule has 7 heteroatoms. The molecule has 0 aliphatic carbocycles. The number of anilines is 2. The third-order valence-corrected chi connectivity index (χ3v) is 3.28. The second-order valence-electron chi connectivity index (χ2n) is 5.02. The van der Waals surface area contributed by atoms with Crippen LogP contribution in [-0.2, 0) is 0 Å². The predicted octanol–water partition coefficient (Wildman–Crippen LogP) is 0.743. The van der Waals surface area contributed by atoms with Crippen molar-refractivity contribution in [3.63, 3.8) is 0 Å². The quantitative estimate of drug-likeness (QED) is 0.611. The van der Waals surface area contributed by atoms with E-state index in [1.165, 1.54) is 48.5 Å². The average Bonchev–Trinajstić information content (AvgIpc) is 2.73. The molecule has 0 aromatic heterocycles. The Bertz CT molecular complexity index is 1070. The molecule has 3 N–H and O–H groups in total. The Morgan fingerprint density at radius 2 is 1.58 bits per heavy atom. The molecular weight excluding hydrogens is 312 g/mol. The molecule has 120 valence electrons. The number of hydrogen-bond donors (Lipinski definition) is 3. The first-order valence-corrected chi connectivity index (χ1v) is 6.90. The Kier molecular flexibility index (Phi) is 3.75. The number of rotatable bonds is 3. The van der Waals surface area contributed by atoms with Crippen LogP contribution in [0.4, 0.5) is 17.1 Å². The molecular formula is C17H11N2O5-. The first kappa shape index (κ1) is 15.3. The summed E-state index contributed by atoms with van der Waals surface area (Å²) in [7, 11) is 0. The number of aromatic hydroxyl groups is 2. The van der Waals surface area contributed by atoms with E-state index >= 15 is 0 Å². The van der Waals surface area contributed by atoms with Crippen molar-refractivity contribution in [1.82, 2.24) is 0 Å². The second kappa shape index (κ2) is 5.88. The molecule has 0 amide bonds. The summed E-state index contributed by atoms with van der Waals surface area (Å²) in [5.74, 6) is -0.974. The van der Waals surface area contributed by atoms with E-state index in [2.05, 4.69) is 10.3 Å². The first-order valence-electron chi connectivity index (χ1n) is 6.90. The molecule has 0 saturated carbocycles. The molecule has 0 atom stereocenters. The first-order chi connectivity index (χ1) is 11.5. The van der Waals surface area contributed by atoms with E-state index < -0.39 is 27.7 Å². The Morgan fingerprint density at radius 3 is 2.25 bits per heavy atom. The van der Waals surface area contributed by atoms with E-state index in [-0.39, 0.29) is 22.9 Å². The van der Waals surface area contributed by atoms with Crippen LogP contribution < -0.4 is 26.6 Å². The minimum absolute atomic E-state index is 0.0570. The zero-order chi connectivity index (χ0) is 17.3. The van der Waals surface area contributed by atoms with Gasteiger partial charge in [0.1, 0.15) is 16.9 Å². The fourth-order valence-electron chi connectivity index (χ4n) is 2.18. The lowest BCUT2D eigenvalue weighted by Gasteiger charge is -2.09. The van der Waals surface area contributed by atoms with Crippen LogP contribution in [0.2, 0.25) is 0 Å². The number of hydrogen-bond acceptors (Lipinski definition) is 7. The van der Waals surface area contributed by atoms with Gasteiger partial charge in [-0.05, 0) is 30.0 Å². The number of benzene rings is 2. The highest BCUT2D eigenvalue weighted by Gasteiger charge is 2.12. The number of nitrogens with one attached hydrogen (secondary N) is 1. The highest BCUT2D eigenvalue weighted by molar-refractivity contribution is 5.67. The van der Waals surface area contributed by atoms with E-state index in [4.69, 9.17) is 0 Å². The van der Waals surface area contributed by atoms with Crippen LogP contribution in [0.3, 0.4) is 0 Å². The van der Waals surface area contributed by atoms with Gasteiger partial charge < -0.3 is 20.6 Å². The third-order valence-electron chi connectivity index (χ3n) is 3.28. The van der Waals surface area contributed by atoms with Gasteiger partial charge in [-0.25, -0.2) is 4.99 Å². The average molecular weight is 323 g/mol. The van der Waals surface area contributed by atoms with Gasteiger partial charge >= 0.3 is 0 Å². The Labute approximate surface area is 135 Å². The summed E-state index contributed by atoms with van der Waals surface area (Å²) >= 11 is 0. The standard InChI is InChI=1S/C17H12N2O5/c20-11-5-1-3-9(7-11)18-13-15(22)14(17(24)16(13)23)19-10-4-2-6-12(21)8-10/h1-8,18,20-22H/p-1. The van der Waals surface area contributed by atoms with Crippen LogP contribution >= 0.6 is 0 Å². The van der Waals surface area contributed by atoms with E-state index in [9.17, 15) is 24.9 Å². The number of nitrogens with zero attached hydrogens (tertiary/aromatic N) is 1. The molecule has 0 saturated heterocycles. The minimum Gasteiger partial charge on any atom is -0.869 e. The van der Waals surface area contributed by atoms with Gasteiger partial charge in [-0.2, -0.15) is 0 Å². The van der Waals surface area contributed by atoms with Crippen LogP contribution in [-0.4, -0.2) is 10.2 Å². The SMILES string of the molecule is O=c1c(Nc2cccc(O)c2)c([O-])c(=Nc2cccc(O)c2)c1=O. The van der Waals surface area contributed by atoms with E-state index in [0.717, 1.165) is 0 Å². The normalized spacial score (nSPS) is 11.6. The van der Waals surface area contributed by atoms with Gasteiger partial charge in [-0.1, -0.05) is 12.1 Å². The third kappa shape index (κ3) is 2.82. The Hall–Kier alpha value is -3.61. The monoisotopic (exact) mass is 323 g/mol. The maximum atomic E-state index is 12.3. The Morgan fingerprint density at radius 1 is 0.917 bits per heavy atom. The van der Waals surface area contributed by atoms with E-state index in [0.29, 0.717) is 0 Å². The molecule has 3 aromatic rings. The summed E-state index contributed by atoms with van der Waals surface area (Å²) < 4.78 is 0. The van der Waals surface area contributed by atoms with Gasteiger partial charge in [0.2, 0.25) is 0 Å². The van der Waals surface area contributed by atoms with Crippen molar-refractivity contribution < 1.29 is 15.3 Å². The molecule has 0 radical (unpaired) electrons. The molecule has 0 bridgehead atoms. The van der Waals surface area contributed by atoms with Gasteiger partial charge in [-0.3, -0.25) is 9.59 Å². The Balaban J connectivity index is 2.11. The summed E-state index contributed by atoms with van der Waals surface area (Å²) in [6.45, 7) is 0. The number of phenolic OH excluding ortho intramolecular Hbond substituents is 2. The fraction of sp³-hybridized carbons (Fsp3) is 0. The topological polar surface area (TPSA) is 122 Å². The van der Waals surface area contributed by atoms with Crippen LogP contribution in [0.25, 0.3) is 0 Å². The highest BCUT2D eigenvalue weighted by atomic mass is 16.3. The summed E-state index contributed by atoms with van der Waals surface area (Å²) in [6.07, 6.45) is 0. The molecule has 0 fully saturated rings. The van der Waals surface area contributed by atoms with Gasteiger partial charge in [-0.15, -0.1) is 0 Å². The molecule has 3 aromatic carbocycles. The van der Waals surface area contributed by atoms with Crippen LogP contribution in [0, 0.1) is 0 Å². The van der Waals surface area contributed by atoms with Gasteiger partial charge in [0, 0.05) is 17.8 Å². The van der Waals surface area contributed by atoms with Crippen LogP contribution in [0.1, 0.15) is 0 Å². The van der Waals surface area contributed by atoms with E-state index in [1.807, 2.05) is 0 Å². The highest BCUT2D eigenvalue weighted by Crippen LogP contribution is 2.22. The van der Waals surface area contributed by atoms with Gasteiger partial charge in [0.25, 0.3) is 10.9 Å². The molecule has 3 rings (SSSR count). The summed E-state index contributed by atoms with van der Waals surface area (Å²) in [4.78, 5) is 27.9. The van der Waals surface area contributed by atoms with Gasteiger partial charge in [0.15, 0.2) is 0 Å². The molecule has 24 heavy (non-hydrogen) atoms. The van der Waals surface area contributed by atoms with Crippen LogP contribution in [0.15, 0.2) is 63.1 Å². The van der Waals surface area contributed by atoms with Crippen molar-refractivity contribution in [1.29, 1.82) is 0 Å². The molecule has 0 aliphatic heterocycles. The molecule has 0 aliphatic rings. The zero-order valence-corrected chi connectivity index (χ0v) is 12.2. The van der Waals surface area contributed by atoms with Crippen molar-refractivity contribution in [3.05, 3.63) is 74.3 Å². The zero-order valence-electron chi connectivity index (χ0n) is 12.2. The second-order valence-corrected chi connectivity index (χ2v) is 5.02. The lowest BCUT2D eigenvalue weighted by Crippen LogP contribution is -2.31. The summed E-state index contributed by atoms with van der Waals surface area (Å²) in [5.41, 5.74) is -1.98. The largest absolute Gasteiger partial charge is 0.869 e. The molecule has 7 nitrogen and oxygen atoms in total. The smallest absolute Gasteiger partial charge is 0.252 e. The maximum Gasteiger partial charge on any atom is 0.252 e. The van der Waals surface area contributed by atoms with Crippen molar-refractivity contribution in [2.75, 3.05) is 5.32 Å². The van der Waals surface area contributed by atoms with Crippen molar-refractivity contribution in [2.45, 2.75) is 0 Å². The van der Waals surface area contributed by atoms with Crippen molar-refractivity contribution in [3.8, 4) is 17.2 Å². The summed E-state index contributed by atoms with van der Waals surface area (Å²) in [5, 5.41) is 33.1. The fourth-order valence-corrected chi connectivity index (χ4v) is 2.18. The maximum absolute atomic E-state index is 12.3.